The van der Waals surface area contributed by atoms with Crippen molar-refractivity contribution in [2.24, 2.45) is 0 Å². The second-order valence-corrected chi connectivity index (χ2v) is 9.60. The number of piperazine rings is 1. The Hall–Kier alpha value is -2.52. The van der Waals surface area contributed by atoms with Gasteiger partial charge in [-0.3, -0.25) is 9.63 Å². The van der Waals surface area contributed by atoms with Gasteiger partial charge in [-0.2, -0.15) is 0 Å². The van der Waals surface area contributed by atoms with Gasteiger partial charge in [0.15, 0.2) is 0 Å². The fraction of sp³-hybridized carbons (Fsp3) is 0.375. The lowest BCUT2D eigenvalue weighted by molar-refractivity contribution is -0.127. The second kappa shape index (κ2) is 10.4. The summed E-state index contributed by atoms with van der Waals surface area (Å²) < 4.78 is 14.8. The molecule has 0 spiro atoms. The summed E-state index contributed by atoms with van der Waals surface area (Å²) in [5.74, 6) is -0.235. The number of amides is 1. The van der Waals surface area contributed by atoms with E-state index in [1.165, 1.54) is 12.8 Å². The van der Waals surface area contributed by atoms with Gasteiger partial charge in [0.25, 0.3) is 5.91 Å². The Labute approximate surface area is 192 Å². The van der Waals surface area contributed by atoms with Gasteiger partial charge in [-0.05, 0) is 48.9 Å². The van der Waals surface area contributed by atoms with Crippen LogP contribution >= 0.6 is 0 Å². The lowest BCUT2D eigenvalue weighted by Gasteiger charge is -2.34. The molecule has 0 aromatic heterocycles. The minimum absolute atomic E-state index is 0.235. The first kappa shape index (κ1) is 22.7. The molecule has 1 atom stereocenters. The van der Waals surface area contributed by atoms with Crippen LogP contribution in [-0.4, -0.2) is 72.7 Å². The van der Waals surface area contributed by atoms with E-state index in [2.05, 4.69) is 51.4 Å². The molecule has 170 valence electrons. The molecule has 4 rings (SSSR count). The average molecular weight is 455 g/mol. The molecule has 2 aromatic carbocycles. The van der Waals surface area contributed by atoms with Gasteiger partial charge in [-0.15, -0.1) is 0 Å². The summed E-state index contributed by atoms with van der Waals surface area (Å²) in [5, 5.41) is 0. The molecule has 0 saturated carbocycles. The monoisotopic (exact) mass is 454 g/mol. The van der Waals surface area contributed by atoms with E-state index in [0.717, 1.165) is 42.2 Å². The first-order valence-corrected chi connectivity index (χ1v) is 12.0. The molecule has 1 amide bonds. The van der Waals surface area contributed by atoms with Crippen molar-refractivity contribution < 1.29 is 13.8 Å². The van der Waals surface area contributed by atoms with E-state index in [4.69, 9.17) is 0 Å². The molecule has 1 fully saturated rings. The van der Waals surface area contributed by atoms with Crippen molar-refractivity contribution in [2.75, 3.05) is 58.3 Å². The van der Waals surface area contributed by atoms with E-state index in [9.17, 15) is 9.00 Å². The van der Waals surface area contributed by atoms with Gasteiger partial charge in [-0.25, -0.2) is 14.0 Å². The number of anilines is 1. The molecule has 2 heterocycles. The van der Waals surface area contributed by atoms with Crippen molar-refractivity contribution in [3.05, 3.63) is 60.2 Å². The number of benzene rings is 2. The van der Waals surface area contributed by atoms with Crippen LogP contribution < -0.4 is 10.4 Å². The molecular weight excluding hydrogens is 424 g/mol. The maximum Gasteiger partial charge on any atom is 0.270 e. The van der Waals surface area contributed by atoms with Crippen LogP contribution in [0.4, 0.5) is 5.69 Å². The largest absolute Gasteiger partial charge is 0.369 e. The topological polar surface area (TPSA) is 65.1 Å². The van der Waals surface area contributed by atoms with Crippen LogP contribution in [0.15, 0.2) is 65.1 Å². The Morgan fingerprint density at radius 1 is 0.938 bits per heavy atom. The van der Waals surface area contributed by atoms with E-state index in [1.807, 2.05) is 34.6 Å². The summed E-state index contributed by atoms with van der Waals surface area (Å²) in [4.78, 5) is 22.1. The summed E-state index contributed by atoms with van der Waals surface area (Å²) in [6.07, 6.45) is 2.35. The van der Waals surface area contributed by atoms with Gasteiger partial charge in [0.2, 0.25) is 0 Å². The SMILES string of the molecule is CONC(=O)C1=CCN(S(=O)c2ccc(-c3ccc(N4CCN(C)CC4)cc3)cc2)CC1. The molecule has 32 heavy (non-hydrogen) atoms. The van der Waals surface area contributed by atoms with Crippen LogP contribution in [0.2, 0.25) is 0 Å². The first-order valence-electron chi connectivity index (χ1n) is 10.9. The zero-order valence-electron chi connectivity index (χ0n) is 18.6. The van der Waals surface area contributed by atoms with E-state index in [1.54, 1.807) is 0 Å². The van der Waals surface area contributed by atoms with Crippen LogP contribution in [0, 0.1) is 0 Å². The smallest absolute Gasteiger partial charge is 0.270 e. The summed E-state index contributed by atoms with van der Waals surface area (Å²) in [6, 6.07) is 16.6. The van der Waals surface area contributed by atoms with Crippen molar-refractivity contribution in [3.63, 3.8) is 0 Å². The Balaban J connectivity index is 1.38. The number of nitrogens with one attached hydrogen (secondary N) is 1. The molecule has 7 nitrogen and oxygen atoms in total. The van der Waals surface area contributed by atoms with Crippen LogP contribution in [0.5, 0.6) is 0 Å². The quantitative estimate of drug-likeness (QED) is 0.680. The minimum Gasteiger partial charge on any atom is -0.369 e. The number of likely N-dealkylation sites (N-methyl/N-ethyl adjacent to an activating group) is 1. The molecule has 0 bridgehead atoms. The Morgan fingerprint density at radius 3 is 2.12 bits per heavy atom. The van der Waals surface area contributed by atoms with E-state index >= 15 is 0 Å². The highest BCUT2D eigenvalue weighted by molar-refractivity contribution is 7.82. The molecule has 0 aliphatic carbocycles. The summed E-state index contributed by atoms with van der Waals surface area (Å²) in [6.45, 7) is 5.32. The second-order valence-electron chi connectivity index (χ2n) is 8.11. The molecule has 2 aliphatic rings. The Morgan fingerprint density at radius 2 is 1.56 bits per heavy atom. The molecule has 2 aliphatic heterocycles. The molecule has 8 heteroatoms. The number of rotatable bonds is 6. The third kappa shape index (κ3) is 5.27. The van der Waals surface area contributed by atoms with E-state index < -0.39 is 11.0 Å². The summed E-state index contributed by atoms with van der Waals surface area (Å²) in [7, 11) is 2.31. The van der Waals surface area contributed by atoms with Crippen molar-refractivity contribution in [2.45, 2.75) is 11.3 Å². The van der Waals surface area contributed by atoms with Crippen LogP contribution in [-0.2, 0) is 20.6 Å². The number of hydroxylamine groups is 1. The number of nitrogens with zero attached hydrogens (tertiary/aromatic N) is 3. The minimum atomic E-state index is -1.26. The zero-order valence-corrected chi connectivity index (χ0v) is 19.4. The molecule has 1 N–H and O–H groups in total. The lowest BCUT2D eigenvalue weighted by atomic mass is 10.1. The third-order valence-electron chi connectivity index (χ3n) is 6.02. The van der Waals surface area contributed by atoms with E-state index in [-0.39, 0.29) is 5.91 Å². The molecule has 1 saturated heterocycles. The summed E-state index contributed by atoms with van der Waals surface area (Å²) >= 11 is 0. The predicted molar refractivity (Wildman–Crippen MR) is 127 cm³/mol. The Bertz CT molecular complexity index is 983. The van der Waals surface area contributed by atoms with Gasteiger partial charge < -0.3 is 9.80 Å². The number of carbonyl (C=O) groups excluding carboxylic acids is 1. The van der Waals surface area contributed by atoms with Gasteiger partial charge in [-0.1, -0.05) is 30.3 Å². The molecule has 2 aromatic rings. The Kier molecular flexibility index (Phi) is 7.36. The van der Waals surface area contributed by atoms with Gasteiger partial charge in [0.1, 0.15) is 11.0 Å². The summed E-state index contributed by atoms with van der Waals surface area (Å²) in [5.41, 5.74) is 6.51. The van der Waals surface area contributed by atoms with Gasteiger partial charge in [0, 0.05) is 50.5 Å². The van der Waals surface area contributed by atoms with Gasteiger partial charge >= 0.3 is 0 Å². The predicted octanol–water partition coefficient (Wildman–Crippen LogP) is 2.44. The first-order chi connectivity index (χ1) is 15.5. The number of hydrogen-bond donors (Lipinski definition) is 1. The highest BCUT2D eigenvalue weighted by atomic mass is 32.2. The van der Waals surface area contributed by atoms with Crippen molar-refractivity contribution in [3.8, 4) is 11.1 Å². The van der Waals surface area contributed by atoms with Crippen molar-refractivity contribution in [1.29, 1.82) is 0 Å². The normalized spacial score (nSPS) is 18.8. The molecule has 0 radical (unpaired) electrons. The van der Waals surface area contributed by atoms with Crippen LogP contribution in [0.1, 0.15) is 6.42 Å². The highest BCUT2D eigenvalue weighted by Gasteiger charge is 2.21. The highest BCUT2D eigenvalue weighted by Crippen LogP contribution is 2.26. The maximum absolute atomic E-state index is 13.0. The lowest BCUT2D eigenvalue weighted by Crippen LogP contribution is -2.44. The average Bonchev–Trinajstić information content (AvgIpc) is 2.84. The maximum atomic E-state index is 13.0. The van der Waals surface area contributed by atoms with Crippen molar-refractivity contribution in [1.82, 2.24) is 14.7 Å². The zero-order chi connectivity index (χ0) is 22.5. The van der Waals surface area contributed by atoms with Crippen LogP contribution in [0.25, 0.3) is 11.1 Å². The van der Waals surface area contributed by atoms with Crippen molar-refractivity contribution >= 4 is 22.6 Å². The third-order valence-corrected chi connectivity index (χ3v) is 7.49. The van der Waals surface area contributed by atoms with Gasteiger partial charge in [0.05, 0.1) is 12.0 Å². The standard InChI is InChI=1S/C24H30N4O3S/c1-26-15-17-27(18-16-26)22-7-3-19(4-8-22)20-5-9-23(10-6-20)32(30)28-13-11-21(12-14-28)24(29)25-31-2/h3-11H,12-18H2,1-2H3,(H,25,29). The number of hydrogen-bond acceptors (Lipinski definition) is 5. The van der Waals surface area contributed by atoms with E-state index in [0.29, 0.717) is 25.1 Å². The van der Waals surface area contributed by atoms with Crippen LogP contribution in [0.3, 0.4) is 0 Å². The molecular formula is C24H30N4O3S. The number of carbonyl (C=O) groups is 1. The fourth-order valence-corrected chi connectivity index (χ4v) is 5.14. The molecule has 1 unspecified atom stereocenters. The fourth-order valence-electron chi connectivity index (χ4n) is 4.01.